The number of halogens is 1. The third-order valence-electron chi connectivity index (χ3n) is 11.1. The number of nitrogens with one attached hydrogen (secondary N) is 1. The summed E-state index contributed by atoms with van der Waals surface area (Å²) < 4.78 is 34.7. The van der Waals surface area contributed by atoms with Gasteiger partial charge in [-0.05, 0) is 111 Å². The quantitative estimate of drug-likeness (QED) is 0.287. The van der Waals surface area contributed by atoms with Crippen LogP contribution in [0.4, 0.5) is 5.69 Å². The number of allylic oxidation sites excluding steroid dienone is 1. The molecule has 1 spiro atoms. The van der Waals surface area contributed by atoms with Crippen molar-refractivity contribution in [1.29, 1.82) is 0 Å². The molecule has 2 aromatic carbocycles. The Morgan fingerprint density at radius 1 is 1.20 bits per heavy atom. The highest BCUT2D eigenvalue weighted by molar-refractivity contribution is 7.91. The van der Waals surface area contributed by atoms with E-state index in [-0.39, 0.29) is 35.3 Å². The smallest absolute Gasteiger partial charge is 0.264 e. The monoisotopic (exact) mass is 650 g/mol. The van der Waals surface area contributed by atoms with E-state index in [9.17, 15) is 23.4 Å². The highest BCUT2D eigenvalue weighted by Gasteiger charge is 2.60. The molecule has 2 saturated carbocycles. The summed E-state index contributed by atoms with van der Waals surface area (Å²) in [5.74, 6) is 5.30. The molecule has 10 heteroatoms. The van der Waals surface area contributed by atoms with Crippen LogP contribution >= 0.6 is 11.6 Å². The van der Waals surface area contributed by atoms with Gasteiger partial charge >= 0.3 is 0 Å². The first-order chi connectivity index (χ1) is 21.5. The maximum Gasteiger partial charge on any atom is 0.264 e. The summed E-state index contributed by atoms with van der Waals surface area (Å²) in [6.07, 6.45) is 8.87. The number of ether oxygens (including phenoxy) is 1. The molecule has 45 heavy (non-hydrogen) atoms. The van der Waals surface area contributed by atoms with Gasteiger partial charge in [-0.25, -0.2) is 13.1 Å². The third kappa shape index (κ3) is 5.24. The Bertz CT molecular complexity index is 1750. The first-order valence-electron chi connectivity index (χ1n) is 15.9. The molecule has 2 bridgehead atoms. The maximum absolute atomic E-state index is 13.5. The van der Waals surface area contributed by atoms with E-state index >= 15 is 0 Å². The summed E-state index contributed by atoms with van der Waals surface area (Å²) in [4.78, 5) is 15.7. The summed E-state index contributed by atoms with van der Waals surface area (Å²) in [6.45, 7) is 2.96. The molecule has 2 aromatic rings. The summed E-state index contributed by atoms with van der Waals surface area (Å²) in [5, 5.41) is 22.1. The lowest BCUT2D eigenvalue weighted by Crippen LogP contribution is -2.52. The second-order valence-corrected chi connectivity index (χ2v) is 16.4. The fourth-order valence-corrected chi connectivity index (χ4v) is 9.89. The normalized spacial score (nSPS) is 35.5. The molecular weight excluding hydrogens is 612 g/mol. The Kier molecular flexibility index (Phi) is 7.52. The van der Waals surface area contributed by atoms with Crippen molar-refractivity contribution in [1.82, 2.24) is 4.72 Å². The van der Waals surface area contributed by atoms with E-state index in [0.29, 0.717) is 43.3 Å². The molecule has 8 nitrogen and oxygen atoms in total. The summed E-state index contributed by atoms with van der Waals surface area (Å²) in [5.41, 5.74) is 1.63. The van der Waals surface area contributed by atoms with Gasteiger partial charge in [-0.1, -0.05) is 35.6 Å². The van der Waals surface area contributed by atoms with Crippen LogP contribution in [-0.2, 0) is 21.9 Å². The first-order valence-corrected chi connectivity index (χ1v) is 17.7. The molecule has 5 aliphatic rings. The number of hydrogen-bond acceptors (Lipinski definition) is 7. The van der Waals surface area contributed by atoms with Gasteiger partial charge in [-0.2, -0.15) is 0 Å². The predicted molar refractivity (Wildman–Crippen MR) is 173 cm³/mol. The summed E-state index contributed by atoms with van der Waals surface area (Å²) in [6, 6.07) is 11.2. The number of aryl methyl sites for hydroxylation is 1. The van der Waals surface area contributed by atoms with Crippen molar-refractivity contribution in [2.45, 2.75) is 67.6 Å². The van der Waals surface area contributed by atoms with E-state index in [1.807, 2.05) is 18.2 Å². The van der Waals surface area contributed by atoms with E-state index in [1.54, 1.807) is 31.2 Å². The minimum Gasteiger partial charge on any atom is -0.490 e. The molecule has 6 atom stereocenters. The predicted octanol–water partition coefficient (Wildman–Crippen LogP) is 4.36. The molecular formula is C35H39ClN2O6S. The van der Waals surface area contributed by atoms with E-state index in [4.69, 9.17) is 16.3 Å². The van der Waals surface area contributed by atoms with Crippen molar-refractivity contribution in [3.8, 4) is 17.6 Å². The van der Waals surface area contributed by atoms with Crippen LogP contribution in [0.5, 0.6) is 5.75 Å². The van der Waals surface area contributed by atoms with Gasteiger partial charge in [0.1, 0.15) is 18.0 Å². The second kappa shape index (κ2) is 11.0. The minimum absolute atomic E-state index is 0.0841. The molecule has 2 aliphatic heterocycles. The molecule has 3 aliphatic carbocycles. The van der Waals surface area contributed by atoms with Crippen LogP contribution in [0.3, 0.4) is 0 Å². The fraction of sp³-hybridized carbons (Fsp3) is 0.514. The van der Waals surface area contributed by atoms with E-state index in [2.05, 4.69) is 27.5 Å². The number of hydrogen-bond donors (Lipinski definition) is 3. The van der Waals surface area contributed by atoms with Gasteiger partial charge in [0.25, 0.3) is 5.91 Å². The zero-order valence-corrected chi connectivity index (χ0v) is 27.0. The number of aliphatic hydroxyl groups excluding tert-OH is 1. The largest absolute Gasteiger partial charge is 0.490 e. The number of amides is 1. The Morgan fingerprint density at radius 3 is 2.82 bits per heavy atom. The average Bonchev–Trinajstić information content (AvgIpc) is 3.69. The van der Waals surface area contributed by atoms with Gasteiger partial charge in [0.2, 0.25) is 10.0 Å². The summed E-state index contributed by atoms with van der Waals surface area (Å²) in [7, 11) is -3.98. The van der Waals surface area contributed by atoms with E-state index in [0.717, 1.165) is 37.8 Å². The number of benzene rings is 2. The Balaban J connectivity index is 1.33. The topological polar surface area (TPSA) is 116 Å². The Hall–Kier alpha value is -3.03. The van der Waals surface area contributed by atoms with Crippen molar-refractivity contribution in [2.75, 3.05) is 31.2 Å². The maximum atomic E-state index is 13.5. The standard InChI is InChI=1S/C35H39ClN2O6S/c1-33-19-26(33)6-3-14-35(41,15-4-16-39)29-10-7-25(29)20-38-21-34(13-2-5-23-17-27(36)9-11-28(23)34)22-44-31-12-8-24(18-30(31)38)32(40)37-45(33,42)43/h3,8-9,11-12,14,17-18,25-26,29,39,41H,2,5-7,10,13,16,19-22H2,1H3,(H,37,40)/b14-3+/t25-,26+,29+,33+,34-,35-/m0/s1. The van der Waals surface area contributed by atoms with Crippen molar-refractivity contribution in [3.05, 3.63) is 70.3 Å². The van der Waals surface area contributed by atoms with Gasteiger partial charge in [0.05, 0.1) is 17.0 Å². The molecule has 0 unspecified atom stereocenters. The molecule has 2 heterocycles. The highest BCUT2D eigenvalue weighted by atomic mass is 35.5. The fourth-order valence-electron chi connectivity index (χ4n) is 8.15. The Labute approximate surface area is 269 Å². The van der Waals surface area contributed by atoms with Crippen LogP contribution in [0.1, 0.15) is 66.9 Å². The first kappa shape index (κ1) is 30.6. The van der Waals surface area contributed by atoms with Crippen LogP contribution < -0.4 is 14.4 Å². The highest BCUT2D eigenvalue weighted by Crippen LogP contribution is 2.52. The lowest BCUT2D eigenvalue weighted by atomic mass is 9.64. The SMILES string of the molecule is C[C@@]12C[C@H]1C/C=C/[C@](O)(C#CCO)[C@@H]1CC[C@H]1CN1C[C@@]3(CCCc4cc(Cl)ccc43)COc3ccc(cc31)C(=O)NS2(=O)=O. The van der Waals surface area contributed by atoms with Gasteiger partial charge in [0.15, 0.2) is 0 Å². The zero-order chi connectivity index (χ0) is 31.6. The molecule has 238 valence electrons. The lowest BCUT2D eigenvalue weighted by Gasteiger charge is -2.47. The number of rotatable bonds is 0. The number of sulfonamides is 1. The van der Waals surface area contributed by atoms with Crippen LogP contribution in [-0.4, -0.2) is 61.2 Å². The van der Waals surface area contributed by atoms with Crippen LogP contribution in [0.15, 0.2) is 48.6 Å². The van der Waals surface area contributed by atoms with Crippen molar-refractivity contribution in [3.63, 3.8) is 0 Å². The Morgan fingerprint density at radius 2 is 2.04 bits per heavy atom. The molecule has 0 radical (unpaired) electrons. The number of nitrogens with zero attached hydrogens (tertiary/aromatic N) is 1. The number of aliphatic hydroxyl groups is 2. The van der Waals surface area contributed by atoms with Crippen molar-refractivity contribution >= 4 is 33.2 Å². The average molecular weight is 651 g/mol. The molecule has 3 N–H and O–H groups in total. The van der Waals surface area contributed by atoms with Crippen molar-refractivity contribution in [2.24, 2.45) is 17.8 Å². The molecule has 7 rings (SSSR count). The van der Waals surface area contributed by atoms with Gasteiger partial charge in [-0.15, -0.1) is 0 Å². The lowest BCUT2D eigenvalue weighted by molar-refractivity contribution is -0.00330. The molecule has 2 fully saturated rings. The van der Waals surface area contributed by atoms with Crippen LogP contribution in [0, 0.1) is 29.6 Å². The zero-order valence-electron chi connectivity index (χ0n) is 25.4. The number of fused-ring (bicyclic) bond motifs is 5. The second-order valence-electron chi connectivity index (χ2n) is 13.8. The van der Waals surface area contributed by atoms with Crippen LogP contribution in [0.25, 0.3) is 0 Å². The molecule has 0 aromatic heterocycles. The van der Waals surface area contributed by atoms with Gasteiger partial charge in [0, 0.05) is 35.0 Å². The third-order valence-corrected chi connectivity index (χ3v) is 13.5. The van der Waals surface area contributed by atoms with Crippen LogP contribution in [0.2, 0.25) is 5.02 Å². The van der Waals surface area contributed by atoms with E-state index < -0.39 is 26.3 Å². The van der Waals surface area contributed by atoms with Gasteiger partial charge < -0.3 is 19.8 Å². The summed E-state index contributed by atoms with van der Waals surface area (Å²) >= 11 is 6.40. The molecule has 0 saturated heterocycles. The number of carbonyl (C=O) groups is 1. The number of carbonyl (C=O) groups excluding carboxylic acids is 1. The van der Waals surface area contributed by atoms with E-state index in [1.165, 1.54) is 11.1 Å². The van der Waals surface area contributed by atoms with Crippen molar-refractivity contribution < 1.29 is 28.2 Å². The molecule has 1 amide bonds. The van der Waals surface area contributed by atoms with Gasteiger partial charge in [-0.3, -0.25) is 4.79 Å². The number of anilines is 1. The minimum atomic E-state index is -3.98.